The van der Waals surface area contributed by atoms with E-state index in [-0.39, 0.29) is 12.0 Å². The molecular formula is C25H27NO7. The van der Waals surface area contributed by atoms with Gasteiger partial charge in [-0.3, -0.25) is 9.59 Å². The van der Waals surface area contributed by atoms with Crippen LogP contribution in [0.1, 0.15) is 50.0 Å². The lowest BCUT2D eigenvalue weighted by Gasteiger charge is -2.31. The van der Waals surface area contributed by atoms with Gasteiger partial charge in [0.2, 0.25) is 5.91 Å². The summed E-state index contributed by atoms with van der Waals surface area (Å²) in [6.45, 7) is 6.41. The number of amides is 2. The van der Waals surface area contributed by atoms with Crippen LogP contribution in [0.3, 0.4) is 0 Å². The number of aliphatic carboxylic acids is 1. The highest BCUT2D eigenvalue weighted by atomic mass is 16.6. The summed E-state index contributed by atoms with van der Waals surface area (Å²) in [4.78, 5) is 51.2. The van der Waals surface area contributed by atoms with Gasteiger partial charge in [0.15, 0.2) is 5.78 Å². The molecule has 3 rings (SSSR count). The fourth-order valence-electron chi connectivity index (χ4n) is 3.62. The van der Waals surface area contributed by atoms with Gasteiger partial charge < -0.3 is 14.6 Å². The molecule has 0 aromatic heterocycles. The molecule has 0 bridgehead atoms. The Morgan fingerprint density at radius 1 is 1.06 bits per heavy atom. The quantitative estimate of drug-likeness (QED) is 0.518. The van der Waals surface area contributed by atoms with Gasteiger partial charge in [0.1, 0.15) is 29.4 Å². The summed E-state index contributed by atoms with van der Waals surface area (Å²) in [5.74, 6) is -3.60. The molecule has 174 valence electrons. The summed E-state index contributed by atoms with van der Waals surface area (Å²) in [5, 5.41) is 9.74. The van der Waals surface area contributed by atoms with Crippen LogP contribution >= 0.6 is 0 Å². The van der Waals surface area contributed by atoms with Crippen molar-refractivity contribution in [3.63, 3.8) is 0 Å². The Bertz CT molecular complexity index is 1060. The second-order valence-corrected chi connectivity index (χ2v) is 9.15. The summed E-state index contributed by atoms with van der Waals surface area (Å²) in [5.41, 5.74) is -1.61. The molecule has 0 saturated carbocycles. The number of Topliss-reactive ketones (excluding diaryl/α,β-unsaturated/α-hetero) is 1. The Labute approximate surface area is 192 Å². The lowest BCUT2D eigenvalue weighted by atomic mass is 9.89. The van der Waals surface area contributed by atoms with E-state index >= 15 is 0 Å². The number of carboxylic acid groups (broad SMARTS) is 1. The Morgan fingerprint density at radius 2 is 1.67 bits per heavy atom. The summed E-state index contributed by atoms with van der Waals surface area (Å²) in [7, 11) is 0. The topological polar surface area (TPSA) is 110 Å². The van der Waals surface area contributed by atoms with Gasteiger partial charge in [-0.1, -0.05) is 30.3 Å². The zero-order chi connectivity index (χ0) is 24.4. The van der Waals surface area contributed by atoms with E-state index in [9.17, 15) is 24.3 Å². The summed E-state index contributed by atoms with van der Waals surface area (Å²) in [6.07, 6.45) is -1.43. The summed E-state index contributed by atoms with van der Waals surface area (Å²) in [6, 6.07) is 15.8. The Morgan fingerprint density at radius 3 is 2.21 bits per heavy atom. The van der Waals surface area contributed by atoms with Crippen molar-refractivity contribution in [1.82, 2.24) is 4.90 Å². The third kappa shape index (κ3) is 5.22. The third-order valence-corrected chi connectivity index (χ3v) is 5.35. The van der Waals surface area contributed by atoms with E-state index in [1.165, 1.54) is 19.1 Å². The Hall–Kier alpha value is -3.68. The number of nitrogens with zero attached hydrogens (tertiary/aromatic N) is 1. The highest BCUT2D eigenvalue weighted by Crippen LogP contribution is 2.37. The van der Waals surface area contributed by atoms with E-state index < -0.39 is 40.8 Å². The van der Waals surface area contributed by atoms with Gasteiger partial charge in [0.25, 0.3) is 0 Å². The molecule has 1 heterocycles. The maximum absolute atomic E-state index is 13.1. The number of ketones is 1. The molecule has 8 nitrogen and oxygen atoms in total. The molecule has 2 amide bonds. The first-order valence-corrected chi connectivity index (χ1v) is 10.5. The molecule has 2 atom stereocenters. The fraction of sp³-hybridized carbons (Fsp3) is 0.360. The van der Waals surface area contributed by atoms with Crippen molar-refractivity contribution in [3.8, 4) is 5.75 Å². The number of benzene rings is 2. The maximum Gasteiger partial charge on any atom is 0.418 e. The zero-order valence-electron chi connectivity index (χ0n) is 19.0. The Balaban J connectivity index is 1.76. The van der Waals surface area contributed by atoms with Gasteiger partial charge in [-0.05, 0) is 57.5 Å². The molecule has 1 N–H and O–H groups in total. The van der Waals surface area contributed by atoms with Crippen LogP contribution in [0.5, 0.6) is 5.75 Å². The highest BCUT2D eigenvalue weighted by molar-refractivity contribution is 6.16. The van der Waals surface area contributed by atoms with Crippen molar-refractivity contribution < 1.29 is 33.8 Å². The average Bonchev–Trinajstić information content (AvgIpc) is 3.03. The van der Waals surface area contributed by atoms with Crippen LogP contribution in [0.25, 0.3) is 0 Å². The minimum absolute atomic E-state index is 0.221. The number of carbonyl (C=O) groups is 4. The SMILES string of the molecule is CC(C)(C)OC(=O)N1C(=O)[C@@H](C(=O)c2ccc(OCc3ccccc3)cc2)C[C@@]1(C)C(=O)O. The molecule has 1 aliphatic heterocycles. The monoisotopic (exact) mass is 453 g/mol. The second kappa shape index (κ2) is 9.05. The first kappa shape index (κ1) is 24.0. The number of hydrogen-bond donors (Lipinski definition) is 1. The van der Waals surface area contributed by atoms with E-state index in [0.717, 1.165) is 5.56 Å². The fourth-order valence-corrected chi connectivity index (χ4v) is 3.62. The number of rotatable bonds is 6. The van der Waals surface area contributed by atoms with E-state index in [2.05, 4.69) is 0 Å². The molecule has 0 unspecified atom stereocenters. The van der Waals surface area contributed by atoms with Gasteiger partial charge in [-0.15, -0.1) is 0 Å². The van der Waals surface area contributed by atoms with Gasteiger partial charge in [0.05, 0.1) is 0 Å². The number of hydrogen-bond acceptors (Lipinski definition) is 6. The molecule has 2 aromatic carbocycles. The smallest absolute Gasteiger partial charge is 0.418 e. The van der Waals surface area contributed by atoms with Crippen molar-refractivity contribution in [2.24, 2.45) is 5.92 Å². The molecule has 33 heavy (non-hydrogen) atoms. The molecule has 1 saturated heterocycles. The van der Waals surface area contributed by atoms with Gasteiger partial charge in [0, 0.05) is 12.0 Å². The predicted octanol–water partition coefficient (Wildman–Crippen LogP) is 4.08. The lowest BCUT2D eigenvalue weighted by Crippen LogP contribution is -2.53. The van der Waals surface area contributed by atoms with Crippen molar-refractivity contribution in [3.05, 3.63) is 65.7 Å². The van der Waals surface area contributed by atoms with Crippen molar-refractivity contribution >= 4 is 23.8 Å². The number of carboxylic acids is 1. The molecular weight excluding hydrogens is 426 g/mol. The minimum atomic E-state index is -1.89. The van der Waals surface area contributed by atoms with Crippen molar-refractivity contribution in [1.29, 1.82) is 0 Å². The van der Waals surface area contributed by atoms with E-state index in [4.69, 9.17) is 9.47 Å². The first-order chi connectivity index (χ1) is 15.4. The van der Waals surface area contributed by atoms with Gasteiger partial charge in [-0.25, -0.2) is 14.5 Å². The van der Waals surface area contributed by atoms with Gasteiger partial charge >= 0.3 is 12.1 Å². The molecule has 1 fully saturated rings. The molecule has 1 aliphatic rings. The van der Waals surface area contributed by atoms with E-state index in [1.807, 2.05) is 30.3 Å². The minimum Gasteiger partial charge on any atom is -0.489 e. The number of imide groups is 1. The van der Waals surface area contributed by atoms with Crippen LogP contribution in [0.2, 0.25) is 0 Å². The van der Waals surface area contributed by atoms with E-state index in [1.54, 1.807) is 32.9 Å². The highest BCUT2D eigenvalue weighted by Gasteiger charge is 2.58. The largest absolute Gasteiger partial charge is 0.489 e. The number of likely N-dealkylation sites (tertiary alicyclic amines) is 1. The van der Waals surface area contributed by atoms with Crippen molar-refractivity contribution in [2.45, 2.75) is 51.9 Å². The predicted molar refractivity (Wildman–Crippen MR) is 119 cm³/mol. The van der Waals surface area contributed by atoms with Gasteiger partial charge in [-0.2, -0.15) is 0 Å². The molecule has 0 aliphatic carbocycles. The second-order valence-electron chi connectivity index (χ2n) is 9.15. The van der Waals surface area contributed by atoms with Crippen LogP contribution in [0, 0.1) is 5.92 Å². The zero-order valence-corrected chi connectivity index (χ0v) is 19.0. The lowest BCUT2D eigenvalue weighted by molar-refractivity contribution is -0.152. The Kier molecular flexibility index (Phi) is 6.58. The van der Waals surface area contributed by atoms with Crippen LogP contribution in [-0.2, 0) is 20.9 Å². The summed E-state index contributed by atoms with van der Waals surface area (Å²) >= 11 is 0. The van der Waals surface area contributed by atoms with Crippen LogP contribution < -0.4 is 4.74 Å². The van der Waals surface area contributed by atoms with Crippen LogP contribution in [0.15, 0.2) is 54.6 Å². The number of ether oxygens (including phenoxy) is 2. The normalized spacial score (nSPS) is 20.4. The number of carbonyl (C=O) groups excluding carboxylic acids is 3. The molecule has 0 radical (unpaired) electrons. The molecule has 0 spiro atoms. The van der Waals surface area contributed by atoms with E-state index in [0.29, 0.717) is 17.3 Å². The van der Waals surface area contributed by atoms with Crippen molar-refractivity contribution in [2.75, 3.05) is 0 Å². The first-order valence-electron chi connectivity index (χ1n) is 10.5. The maximum atomic E-state index is 13.1. The molecule has 8 heteroatoms. The standard InChI is InChI=1S/C25H27NO7/c1-24(2,3)33-23(31)26-21(28)19(14-25(26,4)22(29)30)20(27)17-10-12-18(13-11-17)32-15-16-8-6-5-7-9-16/h5-13,19H,14-15H2,1-4H3,(H,29,30)/t19-,25+/m1/s1. The van der Waals surface area contributed by atoms with Crippen LogP contribution in [0.4, 0.5) is 4.79 Å². The molecule has 2 aromatic rings. The average molecular weight is 453 g/mol. The van der Waals surface area contributed by atoms with Crippen LogP contribution in [-0.4, -0.2) is 44.9 Å². The summed E-state index contributed by atoms with van der Waals surface area (Å²) < 4.78 is 10.9. The third-order valence-electron chi connectivity index (χ3n) is 5.35.